The number of aliphatic hydroxyl groups excluding tert-OH is 2. The van der Waals surface area contributed by atoms with Crippen LogP contribution in [0.25, 0.3) is 10.8 Å². The molecule has 0 fully saturated rings. The lowest BCUT2D eigenvalue weighted by Crippen LogP contribution is -2.19. The lowest BCUT2D eigenvalue weighted by atomic mass is 9.95. The van der Waals surface area contributed by atoms with Gasteiger partial charge in [-0.05, 0) is 23.3 Å². The summed E-state index contributed by atoms with van der Waals surface area (Å²) in [5.74, 6) is 0.235. The van der Waals surface area contributed by atoms with Crippen LogP contribution in [-0.4, -0.2) is 27.3 Å². The predicted molar refractivity (Wildman–Crippen MR) is 71.9 cm³/mol. The fourth-order valence-electron chi connectivity index (χ4n) is 2.06. The Morgan fingerprint density at radius 1 is 1.06 bits per heavy atom. The van der Waals surface area contributed by atoms with Gasteiger partial charge in [0.1, 0.15) is 11.9 Å². The fraction of sp³-hybridized carbons (Fsp3) is 0.286. The molecule has 3 nitrogen and oxygen atoms in total. The zero-order valence-electron chi connectivity index (χ0n) is 9.75. The van der Waals surface area contributed by atoms with Crippen molar-refractivity contribution in [2.45, 2.75) is 18.6 Å². The lowest BCUT2D eigenvalue weighted by molar-refractivity contribution is 0.0166. The van der Waals surface area contributed by atoms with Crippen molar-refractivity contribution in [3.63, 3.8) is 0 Å². The Bertz CT molecular complexity index is 542. The Morgan fingerprint density at radius 2 is 1.78 bits per heavy atom. The highest BCUT2D eigenvalue weighted by Crippen LogP contribution is 2.34. The summed E-state index contributed by atoms with van der Waals surface area (Å²) in [6.45, 7) is 0. The van der Waals surface area contributed by atoms with Crippen LogP contribution < -0.4 is 0 Å². The van der Waals surface area contributed by atoms with Gasteiger partial charge in [-0.15, -0.1) is 11.6 Å². The van der Waals surface area contributed by atoms with Crippen LogP contribution in [0.3, 0.4) is 0 Å². The van der Waals surface area contributed by atoms with Gasteiger partial charge in [0.2, 0.25) is 0 Å². The molecule has 0 aliphatic heterocycles. The average Bonchev–Trinajstić information content (AvgIpc) is 2.38. The van der Waals surface area contributed by atoms with Crippen molar-refractivity contribution >= 4 is 22.4 Å². The minimum Gasteiger partial charge on any atom is -0.508 e. The monoisotopic (exact) mass is 266 g/mol. The van der Waals surface area contributed by atoms with Crippen molar-refractivity contribution < 1.29 is 15.3 Å². The summed E-state index contributed by atoms with van der Waals surface area (Å²) in [5.41, 5.74) is 0.353. The van der Waals surface area contributed by atoms with E-state index in [1.165, 1.54) is 6.07 Å². The third-order valence-electron chi connectivity index (χ3n) is 3.01. The Balaban J connectivity index is 2.51. The van der Waals surface area contributed by atoms with Crippen molar-refractivity contribution in [1.29, 1.82) is 0 Å². The van der Waals surface area contributed by atoms with Gasteiger partial charge in [-0.1, -0.05) is 30.3 Å². The third kappa shape index (κ3) is 2.43. The topological polar surface area (TPSA) is 60.7 Å². The van der Waals surface area contributed by atoms with Crippen LogP contribution in [0, 0.1) is 0 Å². The highest BCUT2D eigenvalue weighted by Gasteiger charge is 2.22. The summed E-state index contributed by atoms with van der Waals surface area (Å²) < 4.78 is 0. The summed E-state index contributed by atoms with van der Waals surface area (Å²) in [6, 6.07) is 10.7. The van der Waals surface area contributed by atoms with Crippen molar-refractivity contribution in [3.05, 3.63) is 42.0 Å². The minimum absolute atomic E-state index is 0.0187. The first kappa shape index (κ1) is 13.1. The van der Waals surface area contributed by atoms with E-state index in [9.17, 15) is 15.3 Å². The molecule has 0 radical (unpaired) electrons. The summed E-state index contributed by atoms with van der Waals surface area (Å²) in [4.78, 5) is 0. The minimum atomic E-state index is -1.14. The number of hydrogen-bond donors (Lipinski definition) is 3. The molecule has 3 N–H and O–H groups in total. The largest absolute Gasteiger partial charge is 0.508 e. The second-order valence-electron chi connectivity index (χ2n) is 4.21. The maximum Gasteiger partial charge on any atom is 0.122 e. The van der Waals surface area contributed by atoms with Gasteiger partial charge in [0.15, 0.2) is 0 Å². The summed E-state index contributed by atoms with van der Waals surface area (Å²) in [7, 11) is 0. The van der Waals surface area contributed by atoms with Crippen molar-refractivity contribution in [2.75, 3.05) is 5.88 Å². The number of alkyl halides is 1. The molecule has 2 rings (SSSR count). The number of halogens is 1. The van der Waals surface area contributed by atoms with Gasteiger partial charge in [-0.25, -0.2) is 0 Å². The first-order chi connectivity index (χ1) is 8.65. The number of rotatable bonds is 4. The standard InChI is InChI=1S/C14H15ClO3/c15-8-7-12(17)14(18)13-10-4-2-1-3-9(10)5-6-11(13)16/h1-6,12,14,16-18H,7-8H2. The van der Waals surface area contributed by atoms with Crippen LogP contribution in [-0.2, 0) is 0 Å². The maximum absolute atomic E-state index is 10.1. The number of benzene rings is 2. The molecule has 0 aromatic heterocycles. The number of hydrogen-bond acceptors (Lipinski definition) is 3. The van der Waals surface area contributed by atoms with E-state index in [2.05, 4.69) is 0 Å². The molecule has 0 saturated carbocycles. The summed E-state index contributed by atoms with van der Waals surface area (Å²) >= 11 is 5.55. The molecular weight excluding hydrogens is 252 g/mol. The third-order valence-corrected chi connectivity index (χ3v) is 3.23. The molecule has 0 saturated heterocycles. The predicted octanol–water partition coefficient (Wildman–Crippen LogP) is 2.57. The Hall–Kier alpha value is -1.29. The van der Waals surface area contributed by atoms with E-state index >= 15 is 0 Å². The van der Waals surface area contributed by atoms with Crippen molar-refractivity contribution in [2.24, 2.45) is 0 Å². The highest BCUT2D eigenvalue weighted by atomic mass is 35.5. The molecule has 2 aromatic rings. The first-order valence-electron chi connectivity index (χ1n) is 5.78. The van der Waals surface area contributed by atoms with Gasteiger partial charge in [-0.2, -0.15) is 0 Å². The molecule has 18 heavy (non-hydrogen) atoms. The van der Waals surface area contributed by atoms with E-state index in [0.29, 0.717) is 5.56 Å². The smallest absolute Gasteiger partial charge is 0.122 e. The molecule has 0 bridgehead atoms. The molecule has 0 spiro atoms. The summed E-state index contributed by atoms with van der Waals surface area (Å²) in [5, 5.41) is 31.5. The molecule has 2 aromatic carbocycles. The number of phenols is 1. The number of phenolic OH excluding ortho intramolecular Hbond substituents is 1. The molecule has 0 amide bonds. The zero-order chi connectivity index (χ0) is 13.1. The Kier molecular flexibility index (Phi) is 4.07. The van der Waals surface area contributed by atoms with Gasteiger partial charge >= 0.3 is 0 Å². The van der Waals surface area contributed by atoms with Crippen molar-refractivity contribution in [1.82, 2.24) is 0 Å². The second kappa shape index (κ2) is 5.57. The molecule has 0 aliphatic rings. The molecule has 0 aliphatic carbocycles. The molecule has 2 unspecified atom stereocenters. The molecule has 96 valence electrons. The van der Waals surface area contributed by atoms with E-state index in [-0.39, 0.29) is 18.1 Å². The second-order valence-corrected chi connectivity index (χ2v) is 4.59. The quantitative estimate of drug-likeness (QED) is 0.746. The normalized spacial score (nSPS) is 14.6. The Morgan fingerprint density at radius 3 is 2.50 bits per heavy atom. The van der Waals surface area contributed by atoms with E-state index in [4.69, 9.17) is 11.6 Å². The number of aliphatic hydroxyl groups is 2. The fourth-order valence-corrected chi connectivity index (χ4v) is 2.28. The van der Waals surface area contributed by atoms with Crippen LogP contribution in [0.5, 0.6) is 5.75 Å². The number of aromatic hydroxyl groups is 1. The molecule has 2 atom stereocenters. The molecule has 4 heteroatoms. The first-order valence-corrected chi connectivity index (χ1v) is 6.31. The Labute approximate surface area is 110 Å². The van der Waals surface area contributed by atoms with Gasteiger partial charge in [0.25, 0.3) is 0 Å². The van der Waals surface area contributed by atoms with Gasteiger partial charge in [0, 0.05) is 11.4 Å². The highest BCUT2D eigenvalue weighted by molar-refractivity contribution is 6.17. The van der Waals surface area contributed by atoms with E-state index in [0.717, 1.165) is 10.8 Å². The van der Waals surface area contributed by atoms with E-state index in [1.807, 2.05) is 18.2 Å². The van der Waals surface area contributed by atoms with E-state index in [1.54, 1.807) is 12.1 Å². The van der Waals surface area contributed by atoms with Crippen LogP contribution in [0.4, 0.5) is 0 Å². The van der Waals surface area contributed by atoms with Gasteiger partial charge in [0.05, 0.1) is 6.10 Å². The maximum atomic E-state index is 10.1. The van der Waals surface area contributed by atoms with Gasteiger partial charge in [-0.3, -0.25) is 0 Å². The van der Waals surface area contributed by atoms with E-state index < -0.39 is 12.2 Å². The van der Waals surface area contributed by atoms with Gasteiger partial charge < -0.3 is 15.3 Å². The molecule has 0 heterocycles. The summed E-state index contributed by atoms with van der Waals surface area (Å²) in [6.07, 6.45) is -1.86. The van der Waals surface area contributed by atoms with Crippen LogP contribution >= 0.6 is 11.6 Å². The lowest BCUT2D eigenvalue weighted by Gasteiger charge is -2.20. The van der Waals surface area contributed by atoms with Crippen LogP contribution in [0.1, 0.15) is 18.1 Å². The average molecular weight is 267 g/mol. The molecular formula is C14H15ClO3. The van der Waals surface area contributed by atoms with Crippen LogP contribution in [0.15, 0.2) is 36.4 Å². The van der Waals surface area contributed by atoms with Crippen molar-refractivity contribution in [3.8, 4) is 5.75 Å². The number of fused-ring (bicyclic) bond motifs is 1. The van der Waals surface area contributed by atoms with Crippen LogP contribution in [0.2, 0.25) is 0 Å². The zero-order valence-corrected chi connectivity index (χ0v) is 10.5. The SMILES string of the molecule is Oc1ccc2ccccc2c1C(O)C(O)CCCl.